The number of carbonyl (C=O) groups excluding carboxylic acids is 1. The molecular formula is C22H25N3OS2. The second-order valence-electron chi connectivity index (χ2n) is 7.27. The molecule has 4 nitrogen and oxygen atoms in total. The predicted molar refractivity (Wildman–Crippen MR) is 118 cm³/mol. The number of nitrogens with zero attached hydrogens (tertiary/aromatic N) is 2. The molecule has 28 heavy (non-hydrogen) atoms. The van der Waals surface area contributed by atoms with Gasteiger partial charge in [0.2, 0.25) is 5.91 Å². The molecule has 0 bridgehead atoms. The van der Waals surface area contributed by atoms with E-state index in [1.807, 2.05) is 18.2 Å². The van der Waals surface area contributed by atoms with Crippen LogP contribution in [0.1, 0.15) is 44.9 Å². The molecule has 1 aromatic carbocycles. The first-order valence-electron chi connectivity index (χ1n) is 10.0. The minimum absolute atomic E-state index is 0.110. The fourth-order valence-corrected chi connectivity index (χ4v) is 5.60. The summed E-state index contributed by atoms with van der Waals surface area (Å²) in [4.78, 5) is 22.4. The Kier molecular flexibility index (Phi) is 6.60. The third kappa shape index (κ3) is 4.73. The summed E-state index contributed by atoms with van der Waals surface area (Å²) in [5, 5.41) is 7.32. The van der Waals surface area contributed by atoms with Gasteiger partial charge < -0.3 is 5.32 Å². The van der Waals surface area contributed by atoms with Crippen molar-refractivity contribution in [2.75, 3.05) is 5.75 Å². The van der Waals surface area contributed by atoms with Gasteiger partial charge in [-0.1, -0.05) is 74.2 Å². The van der Waals surface area contributed by atoms with Gasteiger partial charge in [-0.2, -0.15) is 0 Å². The molecule has 0 radical (unpaired) electrons. The standard InChI is InChI=1S/C22H25N3OS2/c26-19(25-17-11-7-2-1-3-8-12-17)14-28-22-20-18(16-9-5-4-6-10-16)13-27-21(20)23-15-24-22/h4-6,9-10,13,15,17H,1-3,7-8,11-12,14H2,(H,25,26). The Morgan fingerprint density at radius 2 is 1.82 bits per heavy atom. The van der Waals surface area contributed by atoms with Crippen molar-refractivity contribution >= 4 is 39.2 Å². The van der Waals surface area contributed by atoms with Crippen LogP contribution in [0.25, 0.3) is 21.3 Å². The second-order valence-corrected chi connectivity index (χ2v) is 9.09. The fourth-order valence-electron chi connectivity index (χ4n) is 3.79. The molecule has 1 saturated carbocycles. The van der Waals surface area contributed by atoms with Crippen LogP contribution >= 0.6 is 23.1 Å². The zero-order valence-corrected chi connectivity index (χ0v) is 17.5. The smallest absolute Gasteiger partial charge is 0.230 e. The maximum atomic E-state index is 12.5. The fraction of sp³-hybridized carbons (Fsp3) is 0.409. The first kappa shape index (κ1) is 19.4. The van der Waals surface area contributed by atoms with Crippen molar-refractivity contribution in [3.63, 3.8) is 0 Å². The summed E-state index contributed by atoms with van der Waals surface area (Å²) in [6.45, 7) is 0. The number of fused-ring (bicyclic) bond motifs is 1. The van der Waals surface area contributed by atoms with Crippen LogP contribution in [-0.2, 0) is 4.79 Å². The number of hydrogen-bond acceptors (Lipinski definition) is 5. The van der Waals surface area contributed by atoms with E-state index in [2.05, 4.69) is 32.8 Å². The van der Waals surface area contributed by atoms with Crippen LogP contribution in [-0.4, -0.2) is 27.7 Å². The Balaban J connectivity index is 1.46. The van der Waals surface area contributed by atoms with Gasteiger partial charge in [-0.05, 0) is 18.4 Å². The topological polar surface area (TPSA) is 54.9 Å². The zero-order valence-electron chi connectivity index (χ0n) is 15.9. The van der Waals surface area contributed by atoms with Gasteiger partial charge >= 0.3 is 0 Å². The van der Waals surface area contributed by atoms with Crippen LogP contribution in [0.3, 0.4) is 0 Å². The Bertz CT molecular complexity index is 918. The van der Waals surface area contributed by atoms with Crippen LogP contribution < -0.4 is 5.32 Å². The van der Waals surface area contributed by atoms with Crippen molar-refractivity contribution in [1.82, 2.24) is 15.3 Å². The summed E-state index contributed by atoms with van der Waals surface area (Å²) in [6, 6.07) is 10.6. The van der Waals surface area contributed by atoms with Gasteiger partial charge in [0, 0.05) is 17.0 Å². The summed E-state index contributed by atoms with van der Waals surface area (Å²) in [5.74, 6) is 0.506. The average molecular weight is 412 g/mol. The lowest BCUT2D eigenvalue weighted by molar-refractivity contribution is -0.119. The van der Waals surface area contributed by atoms with Crippen molar-refractivity contribution in [1.29, 1.82) is 0 Å². The van der Waals surface area contributed by atoms with Crippen LogP contribution in [0.2, 0.25) is 0 Å². The molecule has 0 spiro atoms. The number of nitrogens with one attached hydrogen (secondary N) is 1. The van der Waals surface area contributed by atoms with E-state index in [0.717, 1.165) is 39.2 Å². The Hall–Kier alpha value is -1.92. The quantitative estimate of drug-likeness (QED) is 0.433. The highest BCUT2D eigenvalue weighted by molar-refractivity contribution is 8.00. The van der Waals surface area contributed by atoms with Gasteiger partial charge in [0.05, 0.1) is 11.1 Å². The highest BCUT2D eigenvalue weighted by atomic mass is 32.2. The molecule has 1 amide bonds. The van der Waals surface area contributed by atoms with Crippen LogP contribution in [0, 0.1) is 0 Å². The number of hydrogen-bond donors (Lipinski definition) is 1. The van der Waals surface area contributed by atoms with E-state index in [1.54, 1.807) is 17.7 Å². The van der Waals surface area contributed by atoms with Crippen LogP contribution in [0.15, 0.2) is 47.1 Å². The summed E-state index contributed by atoms with van der Waals surface area (Å²) in [7, 11) is 0. The molecule has 0 atom stereocenters. The molecule has 4 rings (SSSR count). The normalized spacial score (nSPS) is 15.9. The molecule has 2 heterocycles. The number of carbonyl (C=O) groups is 1. The SMILES string of the molecule is O=C(CSc1ncnc2scc(-c3ccccc3)c12)NC1CCCCCCC1. The number of thiophene rings is 1. The lowest BCUT2D eigenvalue weighted by Crippen LogP contribution is -2.36. The molecule has 3 aromatic rings. The molecule has 1 aliphatic rings. The van der Waals surface area contributed by atoms with Gasteiger partial charge in [0.25, 0.3) is 0 Å². The van der Waals surface area contributed by atoms with E-state index >= 15 is 0 Å². The Morgan fingerprint density at radius 3 is 2.61 bits per heavy atom. The summed E-state index contributed by atoms with van der Waals surface area (Å²) in [6.07, 6.45) is 10.2. The average Bonchev–Trinajstić information content (AvgIpc) is 3.14. The van der Waals surface area contributed by atoms with Gasteiger partial charge in [0.15, 0.2) is 0 Å². The molecule has 0 aliphatic heterocycles. The lowest BCUT2D eigenvalue weighted by Gasteiger charge is -2.20. The Morgan fingerprint density at radius 1 is 1.07 bits per heavy atom. The molecule has 1 aliphatic carbocycles. The lowest BCUT2D eigenvalue weighted by atomic mass is 9.97. The van der Waals surface area contributed by atoms with Gasteiger partial charge in [-0.15, -0.1) is 11.3 Å². The molecular weight excluding hydrogens is 386 g/mol. The van der Waals surface area contributed by atoms with Crippen molar-refractivity contribution < 1.29 is 4.79 Å². The first-order chi connectivity index (χ1) is 13.8. The van der Waals surface area contributed by atoms with Gasteiger partial charge in [-0.3, -0.25) is 4.79 Å². The van der Waals surface area contributed by atoms with Crippen molar-refractivity contribution in [2.45, 2.75) is 56.0 Å². The summed E-state index contributed by atoms with van der Waals surface area (Å²) >= 11 is 3.14. The van der Waals surface area contributed by atoms with E-state index in [0.29, 0.717) is 11.8 Å². The monoisotopic (exact) mass is 411 g/mol. The minimum Gasteiger partial charge on any atom is -0.353 e. The van der Waals surface area contributed by atoms with E-state index in [-0.39, 0.29) is 5.91 Å². The Labute approximate surface area is 174 Å². The van der Waals surface area contributed by atoms with Crippen LogP contribution in [0.4, 0.5) is 0 Å². The molecule has 0 saturated heterocycles. The number of thioether (sulfide) groups is 1. The van der Waals surface area contributed by atoms with Gasteiger partial charge in [0.1, 0.15) is 16.2 Å². The van der Waals surface area contributed by atoms with E-state index in [1.165, 1.54) is 43.9 Å². The zero-order chi connectivity index (χ0) is 19.2. The maximum absolute atomic E-state index is 12.5. The second kappa shape index (κ2) is 9.52. The number of aromatic nitrogens is 2. The molecule has 6 heteroatoms. The van der Waals surface area contributed by atoms with E-state index < -0.39 is 0 Å². The molecule has 0 unspecified atom stereocenters. The number of rotatable bonds is 5. The number of amides is 1. The first-order valence-corrected chi connectivity index (χ1v) is 11.9. The highest BCUT2D eigenvalue weighted by Crippen LogP contribution is 2.37. The largest absolute Gasteiger partial charge is 0.353 e. The third-order valence-corrected chi connectivity index (χ3v) is 7.11. The van der Waals surface area contributed by atoms with E-state index in [4.69, 9.17) is 0 Å². The highest BCUT2D eigenvalue weighted by Gasteiger charge is 2.17. The van der Waals surface area contributed by atoms with Crippen molar-refractivity contribution in [3.05, 3.63) is 42.0 Å². The number of benzene rings is 1. The van der Waals surface area contributed by atoms with Crippen molar-refractivity contribution in [2.24, 2.45) is 0 Å². The van der Waals surface area contributed by atoms with Crippen LogP contribution in [0.5, 0.6) is 0 Å². The minimum atomic E-state index is 0.110. The molecule has 1 N–H and O–H groups in total. The third-order valence-electron chi connectivity index (χ3n) is 5.23. The summed E-state index contributed by atoms with van der Waals surface area (Å²) in [5.41, 5.74) is 2.30. The molecule has 2 aromatic heterocycles. The predicted octanol–water partition coefficient (Wildman–Crippen LogP) is 5.68. The molecule has 1 fully saturated rings. The van der Waals surface area contributed by atoms with E-state index in [9.17, 15) is 4.79 Å². The molecule has 146 valence electrons. The van der Waals surface area contributed by atoms with Crippen molar-refractivity contribution in [3.8, 4) is 11.1 Å². The maximum Gasteiger partial charge on any atom is 0.230 e. The van der Waals surface area contributed by atoms with Gasteiger partial charge in [-0.25, -0.2) is 9.97 Å². The summed E-state index contributed by atoms with van der Waals surface area (Å²) < 4.78 is 0.